The van der Waals surface area contributed by atoms with Crippen molar-refractivity contribution in [1.82, 2.24) is 0 Å². The summed E-state index contributed by atoms with van der Waals surface area (Å²) in [6.45, 7) is 2.11. The number of benzene rings is 2. The Morgan fingerprint density at radius 2 is 1.82 bits per heavy atom. The van der Waals surface area contributed by atoms with E-state index in [1.807, 2.05) is 24.3 Å². The molecule has 1 atom stereocenters. The Bertz CT molecular complexity index is 496. The third kappa shape index (κ3) is 3.24. The van der Waals surface area contributed by atoms with Crippen molar-refractivity contribution in [1.29, 1.82) is 0 Å². The number of halogens is 1. The third-order valence-corrected chi connectivity index (χ3v) is 3.09. The number of phenolic OH excluding ortho intramolecular Hbond substituents is 1. The number of hydrogen-bond donors (Lipinski definition) is 2. The van der Waals surface area contributed by atoms with Crippen LogP contribution in [0.25, 0.3) is 0 Å². The number of rotatable bonds is 3. The first-order chi connectivity index (χ1) is 8.15. The van der Waals surface area contributed by atoms with Gasteiger partial charge in [-0.2, -0.15) is 0 Å². The van der Waals surface area contributed by atoms with Gasteiger partial charge in [-0.25, -0.2) is 0 Å². The van der Waals surface area contributed by atoms with Gasteiger partial charge >= 0.3 is 0 Å². The molecule has 0 saturated carbocycles. The van der Waals surface area contributed by atoms with Gasteiger partial charge < -0.3 is 10.4 Å². The minimum atomic E-state index is 0.219. The van der Waals surface area contributed by atoms with Crippen molar-refractivity contribution in [2.24, 2.45) is 0 Å². The lowest BCUT2D eigenvalue weighted by molar-refractivity contribution is 0.475. The second-order valence-corrected chi connectivity index (χ2v) is 4.88. The van der Waals surface area contributed by atoms with Crippen LogP contribution in [0.15, 0.2) is 53.0 Å². The Balaban J connectivity index is 2.11. The molecular weight excluding hydrogens is 278 g/mol. The fourth-order valence-corrected chi connectivity index (χ4v) is 2.08. The molecule has 0 bridgehead atoms. The number of anilines is 1. The van der Waals surface area contributed by atoms with Gasteiger partial charge in [-0.15, -0.1) is 0 Å². The molecule has 17 heavy (non-hydrogen) atoms. The molecule has 2 N–H and O–H groups in total. The zero-order valence-electron chi connectivity index (χ0n) is 9.52. The van der Waals surface area contributed by atoms with Crippen LogP contribution < -0.4 is 5.32 Å². The molecular formula is C14H14BrNO. The Morgan fingerprint density at radius 1 is 1.12 bits per heavy atom. The largest absolute Gasteiger partial charge is 0.508 e. The molecule has 1 unspecified atom stereocenters. The first-order valence-electron chi connectivity index (χ1n) is 5.46. The van der Waals surface area contributed by atoms with Crippen molar-refractivity contribution < 1.29 is 5.11 Å². The summed E-state index contributed by atoms with van der Waals surface area (Å²) in [4.78, 5) is 0. The van der Waals surface area contributed by atoms with E-state index in [0.29, 0.717) is 0 Å². The van der Waals surface area contributed by atoms with Crippen LogP contribution in [0, 0.1) is 0 Å². The quantitative estimate of drug-likeness (QED) is 0.825. The molecule has 0 aliphatic heterocycles. The van der Waals surface area contributed by atoms with Crippen molar-refractivity contribution in [2.75, 3.05) is 5.32 Å². The van der Waals surface area contributed by atoms with Crippen LogP contribution in [-0.2, 0) is 0 Å². The van der Waals surface area contributed by atoms with E-state index in [2.05, 4.69) is 40.3 Å². The maximum Gasteiger partial charge on any atom is 0.115 e. The second-order valence-electron chi connectivity index (χ2n) is 3.97. The van der Waals surface area contributed by atoms with E-state index in [1.165, 1.54) is 5.56 Å². The summed E-state index contributed by atoms with van der Waals surface area (Å²) < 4.78 is 1.08. The van der Waals surface area contributed by atoms with Crippen molar-refractivity contribution in [3.63, 3.8) is 0 Å². The molecule has 0 aliphatic rings. The highest BCUT2D eigenvalue weighted by atomic mass is 79.9. The van der Waals surface area contributed by atoms with Crippen LogP contribution >= 0.6 is 15.9 Å². The standard InChI is InChI=1S/C14H14BrNO/c1-10(11-3-2-4-12(15)9-11)16-13-5-7-14(17)8-6-13/h2-10,16-17H,1H3. The molecule has 2 aromatic carbocycles. The number of aromatic hydroxyl groups is 1. The summed E-state index contributed by atoms with van der Waals surface area (Å²) in [6, 6.07) is 15.5. The Morgan fingerprint density at radius 3 is 2.47 bits per heavy atom. The molecule has 2 nitrogen and oxygen atoms in total. The average Bonchev–Trinajstić information content (AvgIpc) is 2.32. The number of phenols is 1. The van der Waals surface area contributed by atoms with Gasteiger partial charge in [-0.05, 0) is 48.9 Å². The van der Waals surface area contributed by atoms with Crippen molar-refractivity contribution in [2.45, 2.75) is 13.0 Å². The molecule has 2 rings (SSSR count). The zero-order valence-corrected chi connectivity index (χ0v) is 11.1. The van der Waals surface area contributed by atoms with Gasteiger partial charge in [0.2, 0.25) is 0 Å². The fraction of sp³-hybridized carbons (Fsp3) is 0.143. The van der Waals surface area contributed by atoms with Crippen LogP contribution in [-0.4, -0.2) is 5.11 Å². The highest BCUT2D eigenvalue weighted by Gasteiger charge is 2.05. The van der Waals surface area contributed by atoms with Crippen LogP contribution in [0.2, 0.25) is 0 Å². The van der Waals surface area contributed by atoms with E-state index in [4.69, 9.17) is 0 Å². The van der Waals surface area contributed by atoms with Gasteiger partial charge in [-0.3, -0.25) is 0 Å². The number of hydrogen-bond acceptors (Lipinski definition) is 2. The lowest BCUT2D eigenvalue weighted by Crippen LogP contribution is -2.06. The summed E-state index contributed by atoms with van der Waals surface area (Å²) in [5.74, 6) is 0.283. The van der Waals surface area contributed by atoms with Gasteiger partial charge in [0.15, 0.2) is 0 Å². The maximum absolute atomic E-state index is 9.21. The molecule has 88 valence electrons. The SMILES string of the molecule is CC(Nc1ccc(O)cc1)c1cccc(Br)c1. The molecule has 0 fully saturated rings. The minimum Gasteiger partial charge on any atom is -0.508 e. The third-order valence-electron chi connectivity index (χ3n) is 2.60. The van der Waals surface area contributed by atoms with Crippen LogP contribution in [0.3, 0.4) is 0 Å². The van der Waals surface area contributed by atoms with Gasteiger partial charge in [-0.1, -0.05) is 28.1 Å². The predicted octanol–water partition coefficient (Wildman–Crippen LogP) is 4.33. The molecule has 0 aliphatic carbocycles. The van der Waals surface area contributed by atoms with E-state index in [9.17, 15) is 5.11 Å². The highest BCUT2D eigenvalue weighted by Crippen LogP contribution is 2.23. The average molecular weight is 292 g/mol. The lowest BCUT2D eigenvalue weighted by atomic mass is 10.1. The molecule has 0 spiro atoms. The molecule has 0 aromatic heterocycles. The van der Waals surface area contributed by atoms with E-state index in [-0.39, 0.29) is 11.8 Å². The Labute approximate surface area is 109 Å². The van der Waals surface area contributed by atoms with Crippen LogP contribution in [0.5, 0.6) is 5.75 Å². The Kier molecular flexibility index (Phi) is 3.69. The van der Waals surface area contributed by atoms with Gasteiger partial charge in [0.25, 0.3) is 0 Å². The van der Waals surface area contributed by atoms with Gasteiger partial charge in [0, 0.05) is 16.2 Å². The van der Waals surface area contributed by atoms with E-state index in [1.54, 1.807) is 12.1 Å². The molecule has 0 saturated heterocycles. The first-order valence-corrected chi connectivity index (χ1v) is 6.25. The van der Waals surface area contributed by atoms with E-state index < -0.39 is 0 Å². The van der Waals surface area contributed by atoms with Gasteiger partial charge in [0.1, 0.15) is 5.75 Å². The van der Waals surface area contributed by atoms with E-state index >= 15 is 0 Å². The van der Waals surface area contributed by atoms with E-state index in [0.717, 1.165) is 10.2 Å². The summed E-state index contributed by atoms with van der Waals surface area (Å²) in [6.07, 6.45) is 0. The molecule has 2 aromatic rings. The maximum atomic E-state index is 9.21. The fourth-order valence-electron chi connectivity index (χ4n) is 1.67. The smallest absolute Gasteiger partial charge is 0.115 e. The second kappa shape index (κ2) is 5.23. The lowest BCUT2D eigenvalue weighted by Gasteiger charge is -2.16. The number of nitrogens with one attached hydrogen (secondary N) is 1. The van der Waals surface area contributed by atoms with Crippen molar-refractivity contribution in [3.8, 4) is 5.75 Å². The minimum absolute atomic E-state index is 0.219. The monoisotopic (exact) mass is 291 g/mol. The summed E-state index contributed by atoms with van der Waals surface area (Å²) in [7, 11) is 0. The Hall–Kier alpha value is -1.48. The van der Waals surface area contributed by atoms with Gasteiger partial charge in [0.05, 0.1) is 0 Å². The molecule has 0 amide bonds. The summed E-state index contributed by atoms with van der Waals surface area (Å²) >= 11 is 3.46. The zero-order chi connectivity index (χ0) is 12.3. The molecule has 0 radical (unpaired) electrons. The van der Waals surface area contributed by atoms with Crippen molar-refractivity contribution >= 4 is 21.6 Å². The first kappa shape index (κ1) is 12.0. The van der Waals surface area contributed by atoms with Crippen LogP contribution in [0.1, 0.15) is 18.5 Å². The highest BCUT2D eigenvalue weighted by molar-refractivity contribution is 9.10. The van der Waals surface area contributed by atoms with Crippen molar-refractivity contribution in [3.05, 3.63) is 58.6 Å². The van der Waals surface area contributed by atoms with Crippen LogP contribution in [0.4, 0.5) is 5.69 Å². The molecule has 3 heteroatoms. The predicted molar refractivity (Wildman–Crippen MR) is 74.3 cm³/mol. The summed E-state index contributed by atoms with van der Waals surface area (Å²) in [5.41, 5.74) is 2.21. The summed E-state index contributed by atoms with van der Waals surface area (Å²) in [5, 5.41) is 12.6. The normalized spacial score (nSPS) is 12.1. The molecule has 0 heterocycles. The topological polar surface area (TPSA) is 32.3 Å².